The van der Waals surface area contributed by atoms with E-state index in [0.717, 1.165) is 6.08 Å². The molecule has 0 saturated carbocycles. The van der Waals surface area contributed by atoms with Crippen LogP contribution in [0.25, 0.3) is 0 Å². The Labute approximate surface area is 93.2 Å². The van der Waals surface area contributed by atoms with E-state index in [2.05, 4.69) is 11.3 Å². The number of aliphatic hydroxyl groups is 3. The van der Waals surface area contributed by atoms with E-state index in [0.29, 0.717) is 6.29 Å². The first-order valence-electron chi connectivity index (χ1n) is 4.68. The molecule has 0 aromatic carbocycles. The third-order valence-electron chi connectivity index (χ3n) is 2.23. The normalized spacial score (nSPS) is 12.9. The van der Waals surface area contributed by atoms with Crippen molar-refractivity contribution in [2.45, 2.75) is 12.5 Å². The van der Waals surface area contributed by atoms with E-state index in [1.807, 2.05) is 0 Å². The monoisotopic (exact) mass is 232 g/mol. The highest BCUT2D eigenvalue weighted by atomic mass is 16.5. The predicted octanol–water partition coefficient (Wildman–Crippen LogP) is -1.36. The Balaban J connectivity index is 4.55. The van der Waals surface area contributed by atoms with Crippen LogP contribution in [0.15, 0.2) is 12.7 Å². The van der Waals surface area contributed by atoms with E-state index in [4.69, 9.17) is 15.3 Å². The lowest BCUT2D eigenvalue weighted by molar-refractivity contribution is -0.150. The highest BCUT2D eigenvalue weighted by Crippen LogP contribution is 2.22. The van der Waals surface area contributed by atoms with Gasteiger partial charge < -0.3 is 20.1 Å². The molecule has 0 aliphatic heterocycles. The third kappa shape index (κ3) is 4.09. The Morgan fingerprint density at radius 3 is 2.12 bits per heavy atom. The number of carbonyl (C=O) groups excluding carboxylic acids is 2. The molecule has 6 nitrogen and oxygen atoms in total. The van der Waals surface area contributed by atoms with Gasteiger partial charge >= 0.3 is 5.97 Å². The van der Waals surface area contributed by atoms with Crippen LogP contribution in [0.5, 0.6) is 0 Å². The zero-order chi connectivity index (χ0) is 12.6. The average Bonchev–Trinajstić information content (AvgIpc) is 2.34. The van der Waals surface area contributed by atoms with Crippen LogP contribution in [-0.4, -0.2) is 53.5 Å². The quantitative estimate of drug-likeness (QED) is 0.271. The molecule has 6 heteroatoms. The molecule has 16 heavy (non-hydrogen) atoms. The minimum atomic E-state index is -1.24. The first-order chi connectivity index (χ1) is 7.57. The van der Waals surface area contributed by atoms with Gasteiger partial charge in [-0.25, -0.2) is 4.79 Å². The number of aliphatic hydroxyl groups excluding tert-OH is 3. The summed E-state index contributed by atoms with van der Waals surface area (Å²) in [6.07, 6.45) is -0.0110. The molecule has 0 saturated heterocycles. The maximum atomic E-state index is 10.8. The number of hydrogen-bond acceptors (Lipinski definition) is 6. The van der Waals surface area contributed by atoms with E-state index < -0.39 is 37.3 Å². The molecule has 1 atom stereocenters. The molecule has 0 aromatic rings. The van der Waals surface area contributed by atoms with Crippen LogP contribution in [0, 0.1) is 5.41 Å². The topological polar surface area (TPSA) is 104 Å². The fourth-order valence-electron chi connectivity index (χ4n) is 1.09. The standard InChI is InChI=1S/C10H16O6/c1-2-9(15)16-8(4-11)3-10(5-12,6-13)7-14/h2,4,8,12-14H,1,3,5-7H2. The SMILES string of the molecule is C=CC(=O)OC(C=O)CC(CO)(CO)CO. The van der Waals surface area contributed by atoms with Crippen LogP contribution in [-0.2, 0) is 14.3 Å². The Morgan fingerprint density at radius 1 is 1.31 bits per heavy atom. The minimum Gasteiger partial charge on any atom is -0.452 e. The molecule has 0 aliphatic rings. The molecule has 0 spiro atoms. The van der Waals surface area contributed by atoms with Crippen LogP contribution in [0.4, 0.5) is 0 Å². The van der Waals surface area contributed by atoms with Gasteiger partial charge in [0.25, 0.3) is 0 Å². The van der Waals surface area contributed by atoms with Crippen LogP contribution in [0.1, 0.15) is 6.42 Å². The Bertz CT molecular complexity index is 237. The summed E-state index contributed by atoms with van der Waals surface area (Å²) in [5.41, 5.74) is -1.24. The number of hydrogen-bond donors (Lipinski definition) is 3. The number of carbonyl (C=O) groups is 2. The van der Waals surface area contributed by atoms with E-state index >= 15 is 0 Å². The van der Waals surface area contributed by atoms with Gasteiger partial charge in [0.1, 0.15) is 0 Å². The first-order valence-corrected chi connectivity index (χ1v) is 4.68. The Hall–Kier alpha value is -1.24. The molecule has 92 valence electrons. The van der Waals surface area contributed by atoms with Gasteiger partial charge in [0.15, 0.2) is 12.4 Å². The second-order valence-electron chi connectivity index (χ2n) is 3.49. The number of esters is 1. The van der Waals surface area contributed by atoms with Gasteiger partial charge in [-0.1, -0.05) is 6.58 Å². The van der Waals surface area contributed by atoms with Crippen molar-refractivity contribution in [3.05, 3.63) is 12.7 Å². The third-order valence-corrected chi connectivity index (χ3v) is 2.23. The van der Waals surface area contributed by atoms with Gasteiger partial charge in [-0.05, 0) is 0 Å². The van der Waals surface area contributed by atoms with Gasteiger partial charge in [0.05, 0.1) is 19.8 Å². The van der Waals surface area contributed by atoms with Crippen LogP contribution in [0.2, 0.25) is 0 Å². The van der Waals surface area contributed by atoms with E-state index in [-0.39, 0.29) is 6.42 Å². The molecule has 3 N–H and O–H groups in total. The smallest absolute Gasteiger partial charge is 0.330 e. The summed E-state index contributed by atoms with van der Waals surface area (Å²) in [7, 11) is 0. The fraction of sp³-hybridized carbons (Fsp3) is 0.600. The molecule has 0 aliphatic carbocycles. The lowest BCUT2D eigenvalue weighted by Gasteiger charge is -2.29. The minimum absolute atomic E-state index is 0.153. The second-order valence-corrected chi connectivity index (χ2v) is 3.49. The van der Waals surface area contributed by atoms with Gasteiger partial charge in [-0.15, -0.1) is 0 Å². The molecular weight excluding hydrogens is 216 g/mol. The molecule has 0 amide bonds. The first kappa shape index (κ1) is 14.8. The lowest BCUT2D eigenvalue weighted by atomic mass is 9.85. The molecule has 0 bridgehead atoms. The Morgan fingerprint density at radius 2 is 1.81 bits per heavy atom. The van der Waals surface area contributed by atoms with Crippen LogP contribution < -0.4 is 0 Å². The van der Waals surface area contributed by atoms with Gasteiger partial charge in [0.2, 0.25) is 0 Å². The van der Waals surface area contributed by atoms with Crippen molar-refractivity contribution in [2.75, 3.05) is 19.8 Å². The highest BCUT2D eigenvalue weighted by molar-refractivity contribution is 5.82. The number of ether oxygens (including phenoxy) is 1. The zero-order valence-electron chi connectivity index (χ0n) is 8.83. The average molecular weight is 232 g/mol. The summed E-state index contributed by atoms with van der Waals surface area (Å²) >= 11 is 0. The van der Waals surface area contributed by atoms with Crippen molar-refractivity contribution in [3.8, 4) is 0 Å². The molecular formula is C10H16O6. The number of rotatable bonds is 8. The van der Waals surface area contributed by atoms with Crippen molar-refractivity contribution in [1.29, 1.82) is 0 Å². The van der Waals surface area contributed by atoms with Crippen molar-refractivity contribution in [1.82, 2.24) is 0 Å². The lowest BCUT2D eigenvalue weighted by Crippen LogP contribution is -2.39. The summed E-state index contributed by atoms with van der Waals surface area (Å²) in [5.74, 6) is -0.778. The Kier molecular flexibility index (Phi) is 6.55. The molecule has 1 unspecified atom stereocenters. The summed E-state index contributed by atoms with van der Waals surface area (Å²) < 4.78 is 4.65. The maximum absolute atomic E-state index is 10.8. The van der Waals surface area contributed by atoms with Crippen molar-refractivity contribution < 1.29 is 29.6 Å². The molecule has 0 aromatic heterocycles. The highest BCUT2D eigenvalue weighted by Gasteiger charge is 2.32. The van der Waals surface area contributed by atoms with Crippen molar-refractivity contribution in [2.24, 2.45) is 5.41 Å². The van der Waals surface area contributed by atoms with Gasteiger partial charge in [0, 0.05) is 17.9 Å². The van der Waals surface area contributed by atoms with E-state index in [1.165, 1.54) is 0 Å². The fourth-order valence-corrected chi connectivity index (χ4v) is 1.09. The molecule has 0 fully saturated rings. The van der Waals surface area contributed by atoms with E-state index in [9.17, 15) is 9.59 Å². The van der Waals surface area contributed by atoms with Crippen molar-refractivity contribution in [3.63, 3.8) is 0 Å². The zero-order valence-corrected chi connectivity index (χ0v) is 8.83. The predicted molar refractivity (Wildman–Crippen MR) is 54.4 cm³/mol. The molecule has 0 radical (unpaired) electrons. The second kappa shape index (κ2) is 7.10. The van der Waals surface area contributed by atoms with E-state index in [1.54, 1.807) is 0 Å². The largest absolute Gasteiger partial charge is 0.452 e. The van der Waals surface area contributed by atoms with Gasteiger partial charge in [-0.2, -0.15) is 0 Å². The molecule has 0 rings (SSSR count). The van der Waals surface area contributed by atoms with Crippen molar-refractivity contribution >= 4 is 12.3 Å². The summed E-state index contributed by atoms with van der Waals surface area (Å²) in [4.78, 5) is 21.5. The van der Waals surface area contributed by atoms with Gasteiger partial charge in [-0.3, -0.25) is 4.79 Å². The maximum Gasteiger partial charge on any atom is 0.330 e. The summed E-state index contributed by atoms with van der Waals surface area (Å²) in [6.45, 7) is 1.61. The van der Waals surface area contributed by atoms with Crippen LogP contribution in [0.3, 0.4) is 0 Å². The molecule has 0 heterocycles. The van der Waals surface area contributed by atoms with Crippen LogP contribution >= 0.6 is 0 Å². The summed E-state index contributed by atoms with van der Waals surface area (Å²) in [5, 5.41) is 27.0. The number of aldehydes is 1. The summed E-state index contributed by atoms with van der Waals surface area (Å²) in [6, 6.07) is 0.